The van der Waals surface area contributed by atoms with Gasteiger partial charge in [0.1, 0.15) is 0 Å². The van der Waals surface area contributed by atoms with Crippen molar-refractivity contribution in [3.8, 4) is 0 Å². The van der Waals surface area contributed by atoms with Gasteiger partial charge in [-0.05, 0) is 18.3 Å². The third kappa shape index (κ3) is 8.97. The van der Waals surface area contributed by atoms with Crippen LogP contribution in [0.15, 0.2) is 0 Å². The van der Waals surface area contributed by atoms with Crippen molar-refractivity contribution in [1.82, 2.24) is 0 Å². The molecule has 0 spiro atoms. The Morgan fingerprint density at radius 3 is 1.67 bits per heavy atom. The molecule has 1 nitrogen and oxygen atoms in total. The fourth-order valence-electron chi connectivity index (χ4n) is 2.63. The van der Waals surface area contributed by atoms with Crippen molar-refractivity contribution in [3.05, 3.63) is 0 Å². The van der Waals surface area contributed by atoms with Crippen molar-refractivity contribution < 1.29 is 0 Å². The van der Waals surface area contributed by atoms with Gasteiger partial charge in [-0.3, -0.25) is 0 Å². The first kappa shape index (κ1) is 18.0. The molecule has 0 aliphatic rings. The van der Waals surface area contributed by atoms with E-state index in [9.17, 15) is 0 Å². The molecule has 0 saturated heterocycles. The summed E-state index contributed by atoms with van der Waals surface area (Å²) < 4.78 is 0. The molecule has 0 aliphatic carbocycles. The topological polar surface area (TPSA) is 26.0 Å². The molecule has 110 valence electrons. The van der Waals surface area contributed by atoms with Gasteiger partial charge in [-0.2, -0.15) is 0 Å². The number of unbranched alkanes of at least 4 members (excludes halogenated alkanes) is 8. The van der Waals surface area contributed by atoms with Crippen LogP contribution in [0.4, 0.5) is 0 Å². The summed E-state index contributed by atoms with van der Waals surface area (Å²) in [5, 5.41) is 0. The molecule has 0 aromatic heterocycles. The zero-order chi connectivity index (χ0) is 13.9. The van der Waals surface area contributed by atoms with Crippen molar-refractivity contribution >= 4 is 0 Å². The predicted octanol–water partition coefficient (Wildman–Crippen LogP) is 5.67. The van der Waals surface area contributed by atoms with E-state index in [1.54, 1.807) is 0 Å². The van der Waals surface area contributed by atoms with E-state index in [2.05, 4.69) is 27.7 Å². The normalized spacial score (nSPS) is 13.8. The fraction of sp³-hybridized carbons (Fsp3) is 1.00. The first-order valence-corrected chi connectivity index (χ1v) is 8.30. The Hall–Kier alpha value is -0.0400. The summed E-state index contributed by atoms with van der Waals surface area (Å²) in [6, 6.07) is 0.367. The highest BCUT2D eigenvalue weighted by Crippen LogP contribution is 2.28. The van der Waals surface area contributed by atoms with Gasteiger partial charge < -0.3 is 5.73 Å². The van der Waals surface area contributed by atoms with Crippen LogP contribution in [-0.2, 0) is 0 Å². The van der Waals surface area contributed by atoms with Crippen molar-refractivity contribution in [2.45, 2.75) is 104 Å². The Morgan fingerprint density at radius 1 is 0.778 bits per heavy atom. The van der Waals surface area contributed by atoms with Crippen molar-refractivity contribution in [3.63, 3.8) is 0 Å². The van der Waals surface area contributed by atoms with Gasteiger partial charge in [0, 0.05) is 6.04 Å². The molecule has 0 radical (unpaired) electrons. The second-order valence-electron chi connectivity index (χ2n) is 6.58. The lowest BCUT2D eigenvalue weighted by molar-refractivity contribution is 0.247. The maximum Gasteiger partial charge on any atom is 0.00876 e. The smallest absolute Gasteiger partial charge is 0.00876 e. The molecule has 1 unspecified atom stereocenters. The highest BCUT2D eigenvalue weighted by Gasteiger charge is 2.23. The fourth-order valence-corrected chi connectivity index (χ4v) is 2.63. The van der Waals surface area contributed by atoms with Gasteiger partial charge in [-0.25, -0.2) is 0 Å². The zero-order valence-electron chi connectivity index (χ0n) is 13.4. The first-order valence-electron chi connectivity index (χ1n) is 8.30. The lowest BCUT2D eigenvalue weighted by Crippen LogP contribution is -2.36. The molecule has 1 heteroatoms. The van der Waals surface area contributed by atoms with Gasteiger partial charge in [-0.1, -0.05) is 85.5 Å². The zero-order valence-corrected chi connectivity index (χ0v) is 13.4. The molecule has 0 saturated carbocycles. The van der Waals surface area contributed by atoms with Crippen LogP contribution in [0.25, 0.3) is 0 Å². The quantitative estimate of drug-likeness (QED) is 0.447. The Morgan fingerprint density at radius 2 is 1.22 bits per heavy atom. The van der Waals surface area contributed by atoms with E-state index >= 15 is 0 Å². The standard InChI is InChI=1S/C17H37N/c1-5-7-8-9-10-11-12-13-14-15-17(3,4)16(18)6-2/h16H,5-15,18H2,1-4H3. The van der Waals surface area contributed by atoms with Gasteiger partial charge in [0.25, 0.3) is 0 Å². The Balaban J connectivity index is 3.34. The molecule has 0 amide bonds. The van der Waals surface area contributed by atoms with Gasteiger partial charge >= 0.3 is 0 Å². The van der Waals surface area contributed by atoms with E-state index in [4.69, 9.17) is 5.73 Å². The molecule has 0 aliphatic heterocycles. The van der Waals surface area contributed by atoms with Crippen LogP contribution in [0.1, 0.15) is 98.3 Å². The molecule has 1 atom stereocenters. The second kappa shape index (κ2) is 10.8. The summed E-state index contributed by atoms with van der Waals surface area (Å²) in [7, 11) is 0. The predicted molar refractivity (Wildman–Crippen MR) is 83.9 cm³/mol. The minimum absolute atomic E-state index is 0.329. The summed E-state index contributed by atoms with van der Waals surface area (Å²) >= 11 is 0. The third-order valence-electron chi connectivity index (χ3n) is 4.37. The van der Waals surface area contributed by atoms with Crippen molar-refractivity contribution in [1.29, 1.82) is 0 Å². The molecule has 0 aromatic carbocycles. The van der Waals surface area contributed by atoms with Crippen LogP contribution >= 0.6 is 0 Å². The maximum atomic E-state index is 6.16. The van der Waals surface area contributed by atoms with E-state index < -0.39 is 0 Å². The molecule has 0 aromatic rings. The second-order valence-corrected chi connectivity index (χ2v) is 6.58. The minimum atomic E-state index is 0.329. The monoisotopic (exact) mass is 255 g/mol. The van der Waals surface area contributed by atoms with E-state index in [1.165, 1.54) is 64.2 Å². The first-order chi connectivity index (χ1) is 8.54. The molecule has 0 bridgehead atoms. The van der Waals surface area contributed by atoms with Crippen LogP contribution in [-0.4, -0.2) is 6.04 Å². The third-order valence-corrected chi connectivity index (χ3v) is 4.37. The van der Waals surface area contributed by atoms with Gasteiger partial charge in [-0.15, -0.1) is 0 Å². The SMILES string of the molecule is CCCCCCCCCCCC(C)(C)C(N)CC. The number of hydrogen-bond donors (Lipinski definition) is 1. The van der Waals surface area contributed by atoms with E-state index in [0.29, 0.717) is 11.5 Å². The lowest BCUT2D eigenvalue weighted by Gasteiger charge is -2.31. The summed E-state index contributed by atoms with van der Waals surface area (Å²) in [5.41, 5.74) is 6.49. The highest BCUT2D eigenvalue weighted by atomic mass is 14.7. The maximum absolute atomic E-state index is 6.16. The molecule has 0 rings (SSSR count). The average molecular weight is 255 g/mol. The van der Waals surface area contributed by atoms with Crippen LogP contribution < -0.4 is 5.73 Å². The molecule has 18 heavy (non-hydrogen) atoms. The van der Waals surface area contributed by atoms with E-state index in [-0.39, 0.29) is 0 Å². The molecule has 0 heterocycles. The largest absolute Gasteiger partial charge is 0.327 e. The lowest BCUT2D eigenvalue weighted by atomic mass is 9.79. The summed E-state index contributed by atoms with van der Waals surface area (Å²) in [6.45, 7) is 9.13. The van der Waals surface area contributed by atoms with Crippen molar-refractivity contribution in [2.75, 3.05) is 0 Å². The molecular weight excluding hydrogens is 218 g/mol. The van der Waals surface area contributed by atoms with Crippen LogP contribution in [0.2, 0.25) is 0 Å². The van der Waals surface area contributed by atoms with Crippen LogP contribution in [0.5, 0.6) is 0 Å². The Bertz CT molecular complexity index is 174. The Labute approximate surface area is 116 Å². The molecule has 2 N–H and O–H groups in total. The summed E-state index contributed by atoms with van der Waals surface area (Å²) in [5.74, 6) is 0. The van der Waals surface area contributed by atoms with Crippen LogP contribution in [0.3, 0.4) is 0 Å². The number of hydrogen-bond acceptors (Lipinski definition) is 1. The van der Waals surface area contributed by atoms with Gasteiger partial charge in [0.15, 0.2) is 0 Å². The van der Waals surface area contributed by atoms with Gasteiger partial charge in [0.2, 0.25) is 0 Å². The minimum Gasteiger partial charge on any atom is -0.327 e. The average Bonchev–Trinajstić information content (AvgIpc) is 2.35. The highest BCUT2D eigenvalue weighted by molar-refractivity contribution is 4.79. The van der Waals surface area contributed by atoms with Crippen LogP contribution in [0, 0.1) is 5.41 Å². The van der Waals surface area contributed by atoms with E-state index in [0.717, 1.165) is 6.42 Å². The number of nitrogens with two attached hydrogens (primary N) is 1. The number of rotatable bonds is 12. The summed E-state index contributed by atoms with van der Waals surface area (Å²) in [4.78, 5) is 0. The summed E-state index contributed by atoms with van der Waals surface area (Å²) in [6.07, 6.45) is 15.1. The Kier molecular flexibility index (Phi) is 10.8. The van der Waals surface area contributed by atoms with Gasteiger partial charge in [0.05, 0.1) is 0 Å². The molecular formula is C17H37N. The molecule has 0 fully saturated rings. The van der Waals surface area contributed by atoms with E-state index in [1.807, 2.05) is 0 Å². The van der Waals surface area contributed by atoms with Crippen molar-refractivity contribution in [2.24, 2.45) is 11.1 Å².